The molecule has 0 unspecified atom stereocenters. The Hall–Kier alpha value is -3.75. The first-order valence-corrected chi connectivity index (χ1v) is 12.0. The Morgan fingerprint density at radius 3 is 2.51 bits per heavy atom. The summed E-state index contributed by atoms with van der Waals surface area (Å²) in [6.45, 7) is 0. The first-order valence-electron chi connectivity index (χ1n) is 10.7. The van der Waals surface area contributed by atoms with E-state index in [-0.39, 0.29) is 5.56 Å². The zero-order chi connectivity index (χ0) is 24.4. The lowest BCUT2D eigenvalue weighted by Crippen LogP contribution is -2.21. The van der Waals surface area contributed by atoms with Crippen LogP contribution < -0.4 is 15.0 Å². The van der Waals surface area contributed by atoms with Crippen molar-refractivity contribution in [3.63, 3.8) is 0 Å². The number of halogens is 1. The first kappa shape index (κ1) is 23.0. The third-order valence-corrected chi connectivity index (χ3v) is 6.62. The summed E-state index contributed by atoms with van der Waals surface area (Å²) in [7, 11) is 3.18. The van der Waals surface area contributed by atoms with E-state index >= 15 is 0 Å². The molecule has 7 nitrogen and oxygen atoms in total. The highest BCUT2D eigenvalue weighted by atomic mass is 35.5. The minimum absolute atomic E-state index is 0.149. The molecule has 0 saturated heterocycles. The number of ether oxygens (including phenoxy) is 2. The molecular formula is C26H20ClN3O4S. The van der Waals surface area contributed by atoms with Crippen LogP contribution in [0.15, 0.2) is 87.3 Å². The smallest absolute Gasteiger partial charge is 0.266 e. The molecule has 5 aromatic rings. The molecule has 0 aliphatic heterocycles. The third-order valence-electron chi connectivity index (χ3n) is 5.41. The summed E-state index contributed by atoms with van der Waals surface area (Å²) in [4.78, 5) is 18.1. The van der Waals surface area contributed by atoms with Gasteiger partial charge in [-0.3, -0.25) is 9.36 Å². The van der Waals surface area contributed by atoms with E-state index in [1.54, 1.807) is 49.1 Å². The normalized spacial score (nSPS) is 11.1. The average molecular weight is 506 g/mol. The summed E-state index contributed by atoms with van der Waals surface area (Å²) < 4.78 is 17.8. The van der Waals surface area contributed by atoms with E-state index in [0.717, 1.165) is 5.56 Å². The number of aromatic nitrogens is 3. The Morgan fingerprint density at radius 1 is 0.971 bits per heavy atom. The first-order chi connectivity index (χ1) is 17.1. The van der Waals surface area contributed by atoms with Crippen molar-refractivity contribution in [1.29, 1.82) is 0 Å². The maximum absolute atomic E-state index is 13.4. The Balaban J connectivity index is 1.47. The van der Waals surface area contributed by atoms with Gasteiger partial charge in [-0.15, -0.1) is 0 Å². The molecule has 0 fully saturated rings. The molecule has 0 aliphatic rings. The van der Waals surface area contributed by atoms with Crippen molar-refractivity contribution in [2.45, 2.75) is 10.9 Å². The molecule has 0 N–H and O–H groups in total. The molecule has 0 bridgehead atoms. The van der Waals surface area contributed by atoms with Gasteiger partial charge >= 0.3 is 0 Å². The van der Waals surface area contributed by atoms with Crippen LogP contribution in [-0.4, -0.2) is 28.9 Å². The number of para-hydroxylation sites is 1. The molecule has 9 heteroatoms. The van der Waals surface area contributed by atoms with Crippen molar-refractivity contribution >= 4 is 34.3 Å². The summed E-state index contributed by atoms with van der Waals surface area (Å²) in [5.74, 6) is 2.32. The van der Waals surface area contributed by atoms with Crippen molar-refractivity contribution < 1.29 is 14.0 Å². The molecule has 5 rings (SSSR count). The Morgan fingerprint density at radius 2 is 1.74 bits per heavy atom. The Kier molecular flexibility index (Phi) is 6.48. The molecule has 176 valence electrons. The largest absolute Gasteiger partial charge is 0.493 e. The number of hydrogen-bond acceptors (Lipinski definition) is 7. The second kappa shape index (κ2) is 9.85. The van der Waals surface area contributed by atoms with E-state index < -0.39 is 0 Å². The second-order valence-electron chi connectivity index (χ2n) is 7.57. The molecule has 2 aromatic heterocycles. The van der Waals surface area contributed by atoms with Gasteiger partial charge in [-0.1, -0.05) is 40.7 Å². The van der Waals surface area contributed by atoms with Crippen LogP contribution in [0.4, 0.5) is 0 Å². The van der Waals surface area contributed by atoms with Crippen LogP contribution in [0.25, 0.3) is 27.8 Å². The molecular weight excluding hydrogens is 486 g/mol. The van der Waals surface area contributed by atoms with Crippen molar-refractivity contribution in [2.75, 3.05) is 14.2 Å². The van der Waals surface area contributed by atoms with E-state index in [2.05, 4.69) is 5.16 Å². The van der Waals surface area contributed by atoms with Crippen LogP contribution in [0.3, 0.4) is 0 Å². The maximum Gasteiger partial charge on any atom is 0.266 e. The predicted molar refractivity (Wildman–Crippen MR) is 137 cm³/mol. The molecule has 0 saturated carbocycles. The zero-order valence-corrected chi connectivity index (χ0v) is 20.5. The van der Waals surface area contributed by atoms with Gasteiger partial charge in [0.1, 0.15) is 11.5 Å². The van der Waals surface area contributed by atoms with Gasteiger partial charge in [0.25, 0.3) is 5.56 Å². The fourth-order valence-electron chi connectivity index (χ4n) is 3.68. The monoisotopic (exact) mass is 505 g/mol. The van der Waals surface area contributed by atoms with Crippen LogP contribution in [-0.2, 0) is 5.75 Å². The van der Waals surface area contributed by atoms with Crippen molar-refractivity contribution in [2.24, 2.45) is 0 Å². The molecule has 2 heterocycles. The molecule has 0 spiro atoms. The van der Waals surface area contributed by atoms with Crippen LogP contribution in [0.2, 0.25) is 5.02 Å². The van der Waals surface area contributed by atoms with Crippen LogP contribution in [0.5, 0.6) is 11.5 Å². The standard InChI is InChI=1S/C26H20ClN3O4S/c1-32-23-12-7-16(13-24(23)33-2)22-14-19(34-29-22)15-35-26-28-21-6-4-3-5-20(21)25(31)30(26)18-10-8-17(27)9-11-18/h3-14H,15H2,1-2H3. The van der Waals surface area contributed by atoms with E-state index in [1.807, 2.05) is 42.5 Å². The SMILES string of the molecule is COc1ccc(-c2cc(CSc3nc4ccccc4c(=O)n3-c3ccc(Cl)cc3)on2)cc1OC. The second-order valence-corrected chi connectivity index (χ2v) is 8.94. The number of methoxy groups -OCH3 is 2. The molecule has 0 amide bonds. The van der Waals surface area contributed by atoms with Gasteiger partial charge in [0.2, 0.25) is 0 Å². The van der Waals surface area contributed by atoms with E-state index in [9.17, 15) is 4.79 Å². The van der Waals surface area contributed by atoms with Gasteiger partial charge in [-0.05, 0) is 54.6 Å². The molecule has 0 aliphatic carbocycles. The highest BCUT2D eigenvalue weighted by molar-refractivity contribution is 7.98. The summed E-state index contributed by atoms with van der Waals surface area (Å²) in [5, 5.41) is 5.88. The Labute approximate surface area is 210 Å². The van der Waals surface area contributed by atoms with E-state index in [1.165, 1.54) is 11.8 Å². The Bertz CT molecular complexity index is 1560. The lowest BCUT2D eigenvalue weighted by atomic mass is 10.1. The summed E-state index contributed by atoms with van der Waals surface area (Å²) in [6, 6.07) is 21.8. The van der Waals surface area contributed by atoms with Crippen LogP contribution in [0, 0.1) is 0 Å². The molecule has 0 radical (unpaired) electrons. The number of nitrogens with zero attached hydrogens (tertiary/aromatic N) is 3. The lowest BCUT2D eigenvalue weighted by Gasteiger charge is -2.12. The maximum atomic E-state index is 13.4. The lowest BCUT2D eigenvalue weighted by molar-refractivity contribution is 0.355. The molecule has 0 atom stereocenters. The van der Waals surface area contributed by atoms with E-state index in [0.29, 0.717) is 55.5 Å². The van der Waals surface area contributed by atoms with E-state index in [4.69, 9.17) is 30.6 Å². The molecule has 35 heavy (non-hydrogen) atoms. The fraction of sp³-hybridized carbons (Fsp3) is 0.115. The summed E-state index contributed by atoms with van der Waals surface area (Å²) in [6.07, 6.45) is 0. The predicted octanol–water partition coefficient (Wildman–Crippen LogP) is 6.00. The fourth-order valence-corrected chi connectivity index (χ4v) is 4.69. The van der Waals surface area contributed by atoms with Gasteiger partial charge in [0.15, 0.2) is 16.7 Å². The number of thioether (sulfide) groups is 1. The highest BCUT2D eigenvalue weighted by Crippen LogP contribution is 2.33. The minimum Gasteiger partial charge on any atom is -0.493 e. The van der Waals surface area contributed by atoms with Crippen molar-refractivity contribution in [3.8, 4) is 28.4 Å². The highest BCUT2D eigenvalue weighted by Gasteiger charge is 2.16. The van der Waals surface area contributed by atoms with Crippen molar-refractivity contribution in [1.82, 2.24) is 14.7 Å². The average Bonchev–Trinajstić information content (AvgIpc) is 3.37. The van der Waals surface area contributed by atoms with Crippen molar-refractivity contribution in [3.05, 3.63) is 93.9 Å². The quantitative estimate of drug-likeness (QED) is 0.198. The minimum atomic E-state index is -0.149. The number of fused-ring (bicyclic) bond motifs is 1. The third kappa shape index (κ3) is 4.62. The van der Waals surface area contributed by atoms with Gasteiger partial charge < -0.3 is 14.0 Å². The summed E-state index contributed by atoms with van der Waals surface area (Å²) in [5.41, 5.74) is 2.68. The number of benzene rings is 3. The summed E-state index contributed by atoms with van der Waals surface area (Å²) >= 11 is 7.45. The van der Waals surface area contributed by atoms with Gasteiger partial charge in [-0.2, -0.15) is 0 Å². The van der Waals surface area contributed by atoms with Gasteiger partial charge in [0, 0.05) is 16.7 Å². The number of hydrogen-bond donors (Lipinski definition) is 0. The number of rotatable bonds is 7. The molecule has 3 aromatic carbocycles. The van der Waals surface area contributed by atoms with Crippen LogP contribution in [0.1, 0.15) is 5.76 Å². The van der Waals surface area contributed by atoms with Gasteiger partial charge in [0.05, 0.1) is 36.6 Å². The zero-order valence-electron chi connectivity index (χ0n) is 18.9. The van der Waals surface area contributed by atoms with Crippen LogP contribution >= 0.6 is 23.4 Å². The van der Waals surface area contributed by atoms with Gasteiger partial charge in [-0.25, -0.2) is 4.98 Å². The topological polar surface area (TPSA) is 79.4 Å².